The molecule has 0 heterocycles. The van der Waals surface area contributed by atoms with E-state index >= 15 is 0 Å². The Morgan fingerprint density at radius 2 is 1.68 bits per heavy atom. The molecule has 0 aliphatic heterocycles. The summed E-state index contributed by atoms with van der Waals surface area (Å²) in [6.07, 6.45) is 5.83. The molecule has 0 bridgehead atoms. The number of aryl methyl sites for hydroxylation is 2. The van der Waals surface area contributed by atoms with E-state index in [1.165, 1.54) is 28.3 Å². The first-order chi connectivity index (χ1) is 16.2. The third-order valence-electron chi connectivity index (χ3n) is 6.31. The molecule has 0 radical (unpaired) electrons. The van der Waals surface area contributed by atoms with Crippen LogP contribution in [-0.4, -0.2) is 20.6 Å². The number of sulfonamides is 1. The minimum absolute atomic E-state index is 0.111. The molecule has 0 spiro atoms. The van der Waals surface area contributed by atoms with E-state index in [1.807, 2.05) is 13.0 Å². The standard InChI is InChI=1S/C27H29ClN2O3S/c1-19(22-12-11-20-7-3-4-8-23(20)17-22)29-27(31)21-13-15-25(16-14-21)30(34(2,32)33)18-24-9-5-6-10-26(24)28/h5-6,9-17,19H,3-4,7-8,18H2,1-2H3,(H,29,31)/t19-/m0/s1. The molecule has 1 atom stereocenters. The number of hydrogen-bond acceptors (Lipinski definition) is 3. The maximum Gasteiger partial charge on any atom is 0.251 e. The van der Waals surface area contributed by atoms with E-state index in [0.717, 1.165) is 24.7 Å². The molecular weight excluding hydrogens is 468 g/mol. The minimum Gasteiger partial charge on any atom is -0.346 e. The second kappa shape index (κ2) is 10.2. The van der Waals surface area contributed by atoms with Gasteiger partial charge >= 0.3 is 0 Å². The fourth-order valence-corrected chi connectivity index (χ4v) is 5.42. The van der Waals surface area contributed by atoms with Crippen molar-refractivity contribution in [3.05, 3.63) is 99.6 Å². The molecule has 0 saturated carbocycles. The van der Waals surface area contributed by atoms with Crippen LogP contribution >= 0.6 is 11.6 Å². The van der Waals surface area contributed by atoms with Crippen molar-refractivity contribution in [1.29, 1.82) is 0 Å². The summed E-state index contributed by atoms with van der Waals surface area (Å²) < 4.78 is 26.2. The molecule has 3 aromatic rings. The number of hydrogen-bond donors (Lipinski definition) is 1. The molecule has 0 fully saturated rings. The second-order valence-corrected chi connectivity index (χ2v) is 11.2. The molecule has 7 heteroatoms. The maximum atomic E-state index is 12.9. The van der Waals surface area contributed by atoms with E-state index in [0.29, 0.717) is 21.8 Å². The number of nitrogens with one attached hydrogen (secondary N) is 1. The topological polar surface area (TPSA) is 66.5 Å². The number of amides is 1. The lowest BCUT2D eigenvalue weighted by Crippen LogP contribution is -2.30. The number of halogens is 1. The monoisotopic (exact) mass is 496 g/mol. The molecule has 0 aromatic heterocycles. The van der Waals surface area contributed by atoms with Crippen LogP contribution in [0.3, 0.4) is 0 Å². The van der Waals surface area contributed by atoms with Gasteiger partial charge in [0.2, 0.25) is 10.0 Å². The van der Waals surface area contributed by atoms with Gasteiger partial charge in [-0.25, -0.2) is 8.42 Å². The number of carbonyl (C=O) groups is 1. The molecule has 5 nitrogen and oxygen atoms in total. The van der Waals surface area contributed by atoms with E-state index in [9.17, 15) is 13.2 Å². The summed E-state index contributed by atoms with van der Waals surface area (Å²) in [6.45, 7) is 2.09. The number of fused-ring (bicyclic) bond motifs is 1. The van der Waals surface area contributed by atoms with E-state index in [-0.39, 0.29) is 18.5 Å². The van der Waals surface area contributed by atoms with Crippen LogP contribution in [0.5, 0.6) is 0 Å². The zero-order valence-electron chi connectivity index (χ0n) is 19.4. The maximum absolute atomic E-state index is 12.9. The lowest BCUT2D eigenvalue weighted by Gasteiger charge is -2.23. The van der Waals surface area contributed by atoms with Gasteiger partial charge < -0.3 is 5.32 Å². The second-order valence-electron chi connectivity index (χ2n) is 8.84. The molecule has 1 aliphatic carbocycles. The highest BCUT2D eigenvalue weighted by molar-refractivity contribution is 7.92. The molecule has 0 saturated heterocycles. The van der Waals surface area contributed by atoms with Crippen molar-refractivity contribution >= 4 is 33.2 Å². The van der Waals surface area contributed by atoms with Gasteiger partial charge in [0.05, 0.1) is 24.5 Å². The molecular formula is C27H29ClN2O3S. The smallest absolute Gasteiger partial charge is 0.251 e. The quantitative estimate of drug-likeness (QED) is 0.458. The van der Waals surface area contributed by atoms with Gasteiger partial charge in [-0.3, -0.25) is 9.10 Å². The van der Waals surface area contributed by atoms with Gasteiger partial charge in [-0.15, -0.1) is 0 Å². The van der Waals surface area contributed by atoms with E-state index in [1.54, 1.807) is 42.5 Å². The summed E-state index contributed by atoms with van der Waals surface area (Å²) in [7, 11) is -3.55. The van der Waals surface area contributed by atoms with Crippen LogP contribution in [0, 0.1) is 0 Å². The molecule has 4 rings (SSSR count). The SMILES string of the molecule is C[C@H](NC(=O)c1ccc(N(Cc2ccccc2Cl)S(C)(=O)=O)cc1)c1ccc2c(c1)CCCC2. The number of carbonyl (C=O) groups excluding carboxylic acids is 1. The van der Waals surface area contributed by atoms with Gasteiger partial charge in [0.1, 0.15) is 0 Å². The molecule has 1 amide bonds. The van der Waals surface area contributed by atoms with Gasteiger partial charge in [0.15, 0.2) is 0 Å². The largest absolute Gasteiger partial charge is 0.346 e. The van der Waals surface area contributed by atoms with Crippen LogP contribution in [0.1, 0.15) is 58.4 Å². The summed E-state index contributed by atoms with van der Waals surface area (Å²) in [5.41, 5.74) is 5.54. The van der Waals surface area contributed by atoms with Crippen LogP contribution < -0.4 is 9.62 Å². The molecule has 1 N–H and O–H groups in total. The van der Waals surface area contributed by atoms with Gasteiger partial charge in [-0.05, 0) is 85.2 Å². The fraction of sp³-hybridized carbons (Fsp3) is 0.296. The van der Waals surface area contributed by atoms with E-state index < -0.39 is 10.0 Å². The Morgan fingerprint density at radius 3 is 2.35 bits per heavy atom. The Morgan fingerprint density at radius 1 is 1.00 bits per heavy atom. The third kappa shape index (κ3) is 5.62. The van der Waals surface area contributed by atoms with Crippen LogP contribution in [0.15, 0.2) is 66.7 Å². The van der Waals surface area contributed by atoms with Crippen molar-refractivity contribution in [3.63, 3.8) is 0 Å². The Bertz CT molecular complexity index is 1290. The molecule has 1 aliphatic rings. The number of benzene rings is 3. The average Bonchev–Trinajstić information content (AvgIpc) is 2.82. The number of anilines is 1. The summed E-state index contributed by atoms with van der Waals surface area (Å²) in [4.78, 5) is 12.9. The van der Waals surface area contributed by atoms with Crippen LogP contribution in [-0.2, 0) is 29.4 Å². The van der Waals surface area contributed by atoms with Crippen molar-refractivity contribution < 1.29 is 13.2 Å². The van der Waals surface area contributed by atoms with Gasteiger partial charge in [-0.1, -0.05) is 48.0 Å². The van der Waals surface area contributed by atoms with Crippen LogP contribution in [0.2, 0.25) is 5.02 Å². The zero-order valence-corrected chi connectivity index (χ0v) is 21.0. The average molecular weight is 497 g/mol. The predicted octanol–water partition coefficient (Wildman–Crippen LogP) is 5.68. The Kier molecular flexibility index (Phi) is 7.29. The Labute approximate surface area is 206 Å². The minimum atomic E-state index is -3.55. The first kappa shape index (κ1) is 24.3. The first-order valence-corrected chi connectivity index (χ1v) is 13.7. The highest BCUT2D eigenvalue weighted by atomic mass is 35.5. The lowest BCUT2D eigenvalue weighted by molar-refractivity contribution is 0.0940. The van der Waals surface area contributed by atoms with Crippen LogP contribution in [0.25, 0.3) is 0 Å². The van der Waals surface area contributed by atoms with Gasteiger partial charge in [0, 0.05) is 10.6 Å². The van der Waals surface area contributed by atoms with Crippen molar-refractivity contribution in [2.75, 3.05) is 10.6 Å². The van der Waals surface area contributed by atoms with Crippen molar-refractivity contribution in [2.45, 2.75) is 45.2 Å². The lowest BCUT2D eigenvalue weighted by atomic mass is 9.89. The van der Waals surface area contributed by atoms with Crippen molar-refractivity contribution in [2.24, 2.45) is 0 Å². The summed E-state index contributed by atoms with van der Waals surface area (Å²) >= 11 is 6.24. The normalized spacial score (nSPS) is 14.2. The van der Waals surface area contributed by atoms with E-state index in [2.05, 4.69) is 23.5 Å². The molecule has 34 heavy (non-hydrogen) atoms. The number of rotatable bonds is 7. The van der Waals surface area contributed by atoms with Gasteiger partial charge in [0.25, 0.3) is 5.91 Å². The van der Waals surface area contributed by atoms with Crippen molar-refractivity contribution in [3.8, 4) is 0 Å². The molecule has 3 aromatic carbocycles. The van der Waals surface area contributed by atoms with Crippen LogP contribution in [0.4, 0.5) is 5.69 Å². The number of nitrogens with zero attached hydrogens (tertiary/aromatic N) is 1. The fourth-order valence-electron chi connectivity index (χ4n) is 4.35. The zero-order chi connectivity index (χ0) is 24.3. The molecule has 178 valence electrons. The summed E-state index contributed by atoms with van der Waals surface area (Å²) in [5.74, 6) is -0.200. The highest BCUT2D eigenvalue weighted by Crippen LogP contribution is 2.26. The van der Waals surface area contributed by atoms with Crippen molar-refractivity contribution in [1.82, 2.24) is 5.32 Å². The first-order valence-electron chi connectivity index (χ1n) is 11.5. The Balaban J connectivity index is 1.48. The summed E-state index contributed by atoms with van der Waals surface area (Å²) in [5, 5.41) is 3.56. The Hall–Kier alpha value is -2.83. The van der Waals surface area contributed by atoms with Gasteiger partial charge in [-0.2, -0.15) is 0 Å². The predicted molar refractivity (Wildman–Crippen MR) is 138 cm³/mol. The third-order valence-corrected chi connectivity index (χ3v) is 7.82. The highest BCUT2D eigenvalue weighted by Gasteiger charge is 2.20. The summed E-state index contributed by atoms with van der Waals surface area (Å²) in [6, 6.07) is 20.1. The van der Waals surface area contributed by atoms with E-state index in [4.69, 9.17) is 11.6 Å². The molecule has 0 unspecified atom stereocenters.